The van der Waals surface area contributed by atoms with Crippen molar-refractivity contribution in [3.63, 3.8) is 0 Å². The minimum atomic E-state index is -1.49. The van der Waals surface area contributed by atoms with Crippen molar-refractivity contribution in [3.05, 3.63) is 11.3 Å². The summed E-state index contributed by atoms with van der Waals surface area (Å²) in [6.45, 7) is 11.0. The highest BCUT2D eigenvalue weighted by molar-refractivity contribution is 6.69. The summed E-state index contributed by atoms with van der Waals surface area (Å²) in [5.74, 6) is 0. The number of piperidine rings is 1. The lowest BCUT2D eigenvalue weighted by atomic mass is 10.1. The maximum absolute atomic E-state index is 6.29. The molecule has 0 aromatic heterocycles. The Morgan fingerprint density at radius 1 is 1.25 bits per heavy atom. The van der Waals surface area contributed by atoms with E-state index in [1.165, 1.54) is 19.3 Å². The number of likely N-dealkylation sites (tertiary alicyclic amines) is 1. The van der Waals surface area contributed by atoms with Crippen LogP contribution in [0.2, 0.25) is 19.6 Å². The number of halogens is 1. The van der Waals surface area contributed by atoms with Gasteiger partial charge in [-0.25, -0.2) is 0 Å². The zero-order chi connectivity index (χ0) is 12.2. The standard InChI is InChI=1S/C12H24ClNOSi/c1-11(14-8-6-5-7-9-14)12(13)10-15-16(2,3)4/h10-11H,5-9H2,1-4H3/b12-10-. The van der Waals surface area contributed by atoms with Crippen LogP contribution in [0.3, 0.4) is 0 Å². The molecule has 4 heteroatoms. The molecule has 1 aliphatic heterocycles. The molecule has 0 aromatic carbocycles. The van der Waals surface area contributed by atoms with E-state index in [1.807, 2.05) is 0 Å². The SMILES string of the molecule is CC(/C(Cl)=C/O[Si](C)(C)C)N1CCCCC1. The summed E-state index contributed by atoms with van der Waals surface area (Å²) in [7, 11) is -1.49. The zero-order valence-corrected chi connectivity index (χ0v) is 12.7. The second-order valence-corrected chi connectivity index (χ2v) is 10.4. The molecule has 0 aliphatic carbocycles. The molecule has 1 saturated heterocycles. The van der Waals surface area contributed by atoms with Gasteiger partial charge in [0.2, 0.25) is 8.32 Å². The van der Waals surface area contributed by atoms with Crippen LogP contribution in [-0.4, -0.2) is 32.3 Å². The molecular formula is C12H24ClNOSi. The first kappa shape index (κ1) is 14.1. The van der Waals surface area contributed by atoms with Crippen LogP contribution in [-0.2, 0) is 4.43 Å². The van der Waals surface area contributed by atoms with Crippen molar-refractivity contribution in [1.29, 1.82) is 0 Å². The van der Waals surface area contributed by atoms with E-state index in [1.54, 1.807) is 6.26 Å². The molecule has 1 fully saturated rings. The van der Waals surface area contributed by atoms with Crippen molar-refractivity contribution < 1.29 is 4.43 Å². The highest BCUT2D eigenvalue weighted by atomic mass is 35.5. The molecular weight excluding hydrogens is 238 g/mol. The van der Waals surface area contributed by atoms with E-state index < -0.39 is 8.32 Å². The van der Waals surface area contributed by atoms with Gasteiger partial charge in [-0.2, -0.15) is 0 Å². The van der Waals surface area contributed by atoms with E-state index in [0.29, 0.717) is 6.04 Å². The molecule has 0 amide bonds. The summed E-state index contributed by atoms with van der Waals surface area (Å²) < 4.78 is 5.72. The number of rotatable bonds is 4. The second kappa shape index (κ2) is 6.08. The number of hydrogen-bond donors (Lipinski definition) is 0. The molecule has 0 saturated carbocycles. The highest BCUT2D eigenvalue weighted by Crippen LogP contribution is 2.20. The van der Waals surface area contributed by atoms with Crippen LogP contribution in [0.1, 0.15) is 26.2 Å². The smallest absolute Gasteiger partial charge is 0.241 e. The van der Waals surface area contributed by atoms with Crippen LogP contribution in [0.25, 0.3) is 0 Å². The molecule has 1 aliphatic rings. The molecule has 94 valence electrons. The number of hydrogen-bond acceptors (Lipinski definition) is 2. The van der Waals surface area contributed by atoms with Gasteiger partial charge in [-0.15, -0.1) is 0 Å². The molecule has 1 atom stereocenters. The lowest BCUT2D eigenvalue weighted by molar-refractivity contribution is 0.197. The molecule has 2 nitrogen and oxygen atoms in total. The normalized spacial score (nSPS) is 21.9. The van der Waals surface area contributed by atoms with Gasteiger partial charge in [0.15, 0.2) is 0 Å². The van der Waals surface area contributed by atoms with E-state index in [9.17, 15) is 0 Å². The van der Waals surface area contributed by atoms with Crippen LogP contribution in [0.5, 0.6) is 0 Å². The molecule has 1 unspecified atom stereocenters. The van der Waals surface area contributed by atoms with Crippen molar-refractivity contribution in [3.8, 4) is 0 Å². The van der Waals surface area contributed by atoms with Crippen LogP contribution in [0, 0.1) is 0 Å². The first-order valence-corrected chi connectivity index (χ1v) is 9.96. The summed E-state index contributed by atoms with van der Waals surface area (Å²) in [6.07, 6.45) is 5.72. The predicted octanol–water partition coefficient (Wildman–Crippen LogP) is 3.79. The van der Waals surface area contributed by atoms with E-state index in [0.717, 1.165) is 18.1 Å². The quantitative estimate of drug-likeness (QED) is 0.564. The lowest BCUT2D eigenvalue weighted by Gasteiger charge is -2.32. The Morgan fingerprint density at radius 2 is 1.81 bits per heavy atom. The number of nitrogens with zero attached hydrogens (tertiary/aromatic N) is 1. The van der Waals surface area contributed by atoms with Crippen molar-refractivity contribution in [2.24, 2.45) is 0 Å². The molecule has 0 aromatic rings. The Kier molecular flexibility index (Phi) is 5.35. The molecule has 0 bridgehead atoms. The fourth-order valence-electron chi connectivity index (χ4n) is 1.81. The molecule has 1 rings (SSSR count). The van der Waals surface area contributed by atoms with Gasteiger partial charge >= 0.3 is 0 Å². The minimum Gasteiger partial charge on any atom is -0.549 e. The third kappa shape index (κ3) is 4.89. The maximum Gasteiger partial charge on any atom is 0.241 e. The van der Waals surface area contributed by atoms with Gasteiger partial charge in [-0.1, -0.05) is 18.0 Å². The summed E-state index contributed by atoms with van der Waals surface area (Å²) in [4.78, 5) is 2.44. The second-order valence-electron chi connectivity index (χ2n) is 5.51. The van der Waals surface area contributed by atoms with Gasteiger partial charge in [0.1, 0.15) is 0 Å². The Morgan fingerprint density at radius 3 is 2.31 bits per heavy atom. The first-order valence-electron chi connectivity index (χ1n) is 6.17. The fourth-order valence-corrected chi connectivity index (χ4v) is 2.55. The van der Waals surface area contributed by atoms with Crippen molar-refractivity contribution in [2.45, 2.75) is 51.9 Å². The van der Waals surface area contributed by atoms with Crippen molar-refractivity contribution >= 4 is 19.9 Å². The van der Waals surface area contributed by atoms with E-state index >= 15 is 0 Å². The first-order chi connectivity index (χ1) is 7.40. The zero-order valence-electron chi connectivity index (χ0n) is 10.9. The van der Waals surface area contributed by atoms with E-state index in [-0.39, 0.29) is 0 Å². The van der Waals surface area contributed by atoms with Gasteiger partial charge in [0, 0.05) is 6.04 Å². The van der Waals surface area contributed by atoms with Crippen LogP contribution in [0.15, 0.2) is 11.3 Å². The van der Waals surface area contributed by atoms with Gasteiger partial charge < -0.3 is 4.43 Å². The topological polar surface area (TPSA) is 12.5 Å². The predicted molar refractivity (Wildman–Crippen MR) is 73.3 cm³/mol. The third-order valence-corrected chi connectivity index (χ3v) is 4.09. The maximum atomic E-state index is 6.29. The Labute approximate surface area is 106 Å². The van der Waals surface area contributed by atoms with Crippen LogP contribution in [0.4, 0.5) is 0 Å². The molecule has 0 radical (unpaired) electrons. The molecule has 16 heavy (non-hydrogen) atoms. The third-order valence-electron chi connectivity index (χ3n) is 2.86. The van der Waals surface area contributed by atoms with Gasteiger partial charge in [0.05, 0.1) is 11.3 Å². The summed E-state index contributed by atoms with van der Waals surface area (Å²) in [6, 6.07) is 0.304. The minimum absolute atomic E-state index is 0.304. The lowest BCUT2D eigenvalue weighted by Crippen LogP contribution is -2.37. The largest absolute Gasteiger partial charge is 0.549 e. The van der Waals surface area contributed by atoms with Gasteiger partial charge in [-0.05, 0) is 52.5 Å². The van der Waals surface area contributed by atoms with Crippen molar-refractivity contribution in [1.82, 2.24) is 4.90 Å². The molecule has 1 heterocycles. The highest BCUT2D eigenvalue weighted by Gasteiger charge is 2.20. The molecule has 0 N–H and O–H groups in total. The van der Waals surface area contributed by atoms with Crippen molar-refractivity contribution in [2.75, 3.05) is 13.1 Å². The Hall–Kier alpha value is 0.00688. The van der Waals surface area contributed by atoms with Crippen LogP contribution >= 0.6 is 11.6 Å². The monoisotopic (exact) mass is 261 g/mol. The Balaban J connectivity index is 2.48. The summed E-state index contributed by atoms with van der Waals surface area (Å²) in [5, 5.41) is 0.837. The van der Waals surface area contributed by atoms with Crippen LogP contribution < -0.4 is 0 Å². The molecule has 0 spiro atoms. The van der Waals surface area contributed by atoms with E-state index in [4.69, 9.17) is 16.0 Å². The van der Waals surface area contributed by atoms with Gasteiger partial charge in [-0.3, -0.25) is 4.90 Å². The average Bonchev–Trinajstić information content (AvgIpc) is 2.25. The fraction of sp³-hybridized carbons (Fsp3) is 0.833. The summed E-state index contributed by atoms with van der Waals surface area (Å²) >= 11 is 6.29. The average molecular weight is 262 g/mol. The van der Waals surface area contributed by atoms with E-state index in [2.05, 4.69) is 31.5 Å². The Bertz CT molecular complexity index is 244. The summed E-state index contributed by atoms with van der Waals surface area (Å²) in [5.41, 5.74) is 0. The van der Waals surface area contributed by atoms with Gasteiger partial charge in [0.25, 0.3) is 0 Å².